The van der Waals surface area contributed by atoms with Crippen molar-refractivity contribution >= 4 is 28.0 Å². The number of hydrogen-bond acceptors (Lipinski definition) is 3. The molecule has 1 aliphatic carbocycles. The Kier molecular flexibility index (Phi) is 3.84. The zero-order chi connectivity index (χ0) is 19.6. The zero-order valence-corrected chi connectivity index (χ0v) is 17.4. The minimum Gasteiger partial charge on any atom is -0.454 e. The maximum absolute atomic E-state index is 6.56. The minimum atomic E-state index is 0.252. The fourth-order valence-corrected chi connectivity index (χ4v) is 5.12. The summed E-state index contributed by atoms with van der Waals surface area (Å²) in [5, 5.41) is 1.28. The number of fused-ring (bicyclic) bond motifs is 4. The largest absolute Gasteiger partial charge is 0.454 e. The van der Waals surface area contributed by atoms with Gasteiger partial charge in [0.15, 0.2) is 5.76 Å². The van der Waals surface area contributed by atoms with Crippen LogP contribution in [0, 0.1) is 6.92 Å². The van der Waals surface area contributed by atoms with E-state index in [-0.39, 0.29) is 6.17 Å². The molecule has 1 aromatic heterocycles. The first-order chi connectivity index (χ1) is 13.5. The van der Waals surface area contributed by atoms with E-state index in [4.69, 9.17) is 4.42 Å². The second kappa shape index (κ2) is 6.16. The lowest BCUT2D eigenvalue weighted by molar-refractivity contribution is 0.566. The van der Waals surface area contributed by atoms with E-state index in [9.17, 15) is 0 Å². The van der Waals surface area contributed by atoms with Gasteiger partial charge < -0.3 is 14.2 Å². The minimum absolute atomic E-state index is 0.252. The number of furan rings is 1. The van der Waals surface area contributed by atoms with Gasteiger partial charge >= 0.3 is 0 Å². The maximum atomic E-state index is 6.56. The molecule has 1 aliphatic heterocycles. The lowest BCUT2D eigenvalue weighted by Gasteiger charge is -2.35. The molecule has 0 bridgehead atoms. The summed E-state index contributed by atoms with van der Waals surface area (Å²) in [6.45, 7) is 11.3. The van der Waals surface area contributed by atoms with Crippen LogP contribution in [-0.2, 0) is 6.42 Å². The predicted molar refractivity (Wildman–Crippen MR) is 118 cm³/mol. The number of para-hydroxylation sites is 3. The molecule has 0 spiro atoms. The molecule has 0 fully saturated rings. The molecule has 2 aliphatic rings. The highest BCUT2D eigenvalue weighted by molar-refractivity contribution is 5.96. The first-order valence-electron chi connectivity index (χ1n) is 10.4. The highest BCUT2D eigenvalue weighted by atomic mass is 16.3. The Labute approximate surface area is 167 Å². The van der Waals surface area contributed by atoms with E-state index in [0.717, 1.165) is 24.2 Å². The summed E-state index contributed by atoms with van der Waals surface area (Å²) in [5.74, 6) is 1.07. The number of allylic oxidation sites excluding steroid dienone is 1. The second-order valence-electron chi connectivity index (χ2n) is 8.48. The Morgan fingerprint density at radius 2 is 1.71 bits per heavy atom. The highest BCUT2D eigenvalue weighted by Crippen LogP contribution is 2.49. The van der Waals surface area contributed by atoms with Crippen molar-refractivity contribution in [2.75, 3.05) is 9.80 Å². The normalized spacial score (nSPS) is 19.0. The molecule has 0 amide bonds. The SMILES string of the molecule is CC1=C(N2c3ccccc3N(C(C)C)[C@H]2C)c2oc3c(C)cccc3c2CC1. The molecular weight excluding hydrogens is 344 g/mol. The number of hydrogen-bond donors (Lipinski definition) is 0. The van der Waals surface area contributed by atoms with Gasteiger partial charge in [-0.25, -0.2) is 0 Å². The van der Waals surface area contributed by atoms with E-state index >= 15 is 0 Å². The molecule has 2 heterocycles. The van der Waals surface area contributed by atoms with Crippen LogP contribution in [0.4, 0.5) is 11.4 Å². The van der Waals surface area contributed by atoms with Gasteiger partial charge in [-0.1, -0.05) is 30.3 Å². The molecule has 5 rings (SSSR count). The van der Waals surface area contributed by atoms with Crippen molar-refractivity contribution in [3.63, 3.8) is 0 Å². The molecule has 0 saturated heterocycles. The Morgan fingerprint density at radius 1 is 0.964 bits per heavy atom. The van der Waals surface area contributed by atoms with Gasteiger partial charge in [0.2, 0.25) is 0 Å². The molecule has 144 valence electrons. The van der Waals surface area contributed by atoms with E-state index in [0.29, 0.717) is 6.04 Å². The molecule has 3 aromatic rings. The van der Waals surface area contributed by atoms with Crippen LogP contribution in [0.2, 0.25) is 0 Å². The second-order valence-corrected chi connectivity index (χ2v) is 8.48. The average molecular weight is 373 g/mol. The van der Waals surface area contributed by atoms with Crippen LogP contribution < -0.4 is 9.80 Å². The lowest BCUT2D eigenvalue weighted by Crippen LogP contribution is -2.44. The molecule has 3 heteroatoms. The molecule has 0 radical (unpaired) electrons. The first-order valence-corrected chi connectivity index (χ1v) is 10.4. The summed E-state index contributed by atoms with van der Waals surface area (Å²) in [6.07, 6.45) is 2.39. The van der Waals surface area contributed by atoms with Crippen LogP contribution in [0.5, 0.6) is 0 Å². The van der Waals surface area contributed by atoms with Crippen LogP contribution in [0.1, 0.15) is 51.0 Å². The molecule has 28 heavy (non-hydrogen) atoms. The summed E-state index contributed by atoms with van der Waals surface area (Å²) in [5.41, 5.74) is 8.89. The third-order valence-corrected chi connectivity index (χ3v) is 6.38. The summed E-state index contributed by atoms with van der Waals surface area (Å²) in [4.78, 5) is 5.01. The van der Waals surface area contributed by atoms with Gasteiger partial charge in [-0.15, -0.1) is 0 Å². The van der Waals surface area contributed by atoms with Crippen LogP contribution in [0.25, 0.3) is 16.7 Å². The van der Waals surface area contributed by atoms with Gasteiger partial charge in [-0.05, 0) is 70.7 Å². The standard InChI is InChI=1S/C25H28N2O/c1-15(2)26-18(5)27(22-12-7-6-11-21(22)26)23-16(3)13-14-20-19-10-8-9-17(4)24(19)28-25(20)23/h6-12,15,18H,13-14H2,1-5H3/t18-/m1/s1. The topological polar surface area (TPSA) is 19.6 Å². The van der Waals surface area contributed by atoms with Gasteiger partial charge in [0, 0.05) is 17.0 Å². The van der Waals surface area contributed by atoms with Crippen molar-refractivity contribution in [1.29, 1.82) is 0 Å². The van der Waals surface area contributed by atoms with Gasteiger partial charge in [0.05, 0.1) is 17.1 Å². The lowest BCUT2D eigenvalue weighted by atomic mass is 9.92. The Bertz CT molecular complexity index is 1100. The van der Waals surface area contributed by atoms with E-state index in [2.05, 4.69) is 86.9 Å². The average Bonchev–Trinajstić information content (AvgIpc) is 3.18. The van der Waals surface area contributed by atoms with E-state index in [1.807, 2.05) is 0 Å². The van der Waals surface area contributed by atoms with Crippen molar-refractivity contribution in [3.8, 4) is 0 Å². The van der Waals surface area contributed by atoms with Gasteiger partial charge in [-0.3, -0.25) is 0 Å². The molecule has 3 nitrogen and oxygen atoms in total. The van der Waals surface area contributed by atoms with Crippen LogP contribution >= 0.6 is 0 Å². The summed E-state index contributed by atoms with van der Waals surface area (Å²) >= 11 is 0. The van der Waals surface area contributed by atoms with E-state index in [1.54, 1.807) is 0 Å². The van der Waals surface area contributed by atoms with Crippen molar-refractivity contribution in [1.82, 2.24) is 0 Å². The summed E-state index contributed by atoms with van der Waals surface area (Å²) in [6, 6.07) is 15.7. The first kappa shape index (κ1) is 17.4. The molecule has 2 aromatic carbocycles. The fraction of sp³-hybridized carbons (Fsp3) is 0.360. The van der Waals surface area contributed by atoms with Crippen molar-refractivity contribution in [2.24, 2.45) is 0 Å². The van der Waals surface area contributed by atoms with Crippen molar-refractivity contribution in [3.05, 3.63) is 64.9 Å². The monoisotopic (exact) mass is 372 g/mol. The Hall–Kier alpha value is -2.68. The third-order valence-electron chi connectivity index (χ3n) is 6.38. The molecule has 0 unspecified atom stereocenters. The Morgan fingerprint density at radius 3 is 2.46 bits per heavy atom. The van der Waals surface area contributed by atoms with Gasteiger partial charge in [0.25, 0.3) is 0 Å². The number of benzene rings is 2. The third kappa shape index (κ3) is 2.28. The predicted octanol–water partition coefficient (Wildman–Crippen LogP) is 6.50. The number of rotatable bonds is 2. The fourth-order valence-electron chi connectivity index (χ4n) is 5.12. The number of nitrogens with zero attached hydrogens (tertiary/aromatic N) is 2. The smallest absolute Gasteiger partial charge is 0.155 e. The van der Waals surface area contributed by atoms with E-state index in [1.165, 1.54) is 39.2 Å². The van der Waals surface area contributed by atoms with Crippen LogP contribution in [0.15, 0.2) is 52.5 Å². The van der Waals surface area contributed by atoms with Crippen molar-refractivity contribution < 1.29 is 4.42 Å². The molecule has 0 N–H and O–H groups in total. The summed E-state index contributed by atoms with van der Waals surface area (Å²) in [7, 11) is 0. The van der Waals surface area contributed by atoms with E-state index < -0.39 is 0 Å². The quantitative estimate of drug-likeness (QED) is 0.512. The Balaban J connectivity index is 1.74. The van der Waals surface area contributed by atoms with Gasteiger partial charge in [-0.2, -0.15) is 0 Å². The molecule has 0 saturated carbocycles. The van der Waals surface area contributed by atoms with Crippen LogP contribution in [0.3, 0.4) is 0 Å². The molecule has 1 atom stereocenters. The number of aryl methyl sites for hydroxylation is 2. The number of anilines is 2. The van der Waals surface area contributed by atoms with Crippen molar-refractivity contribution in [2.45, 2.75) is 59.7 Å². The van der Waals surface area contributed by atoms with Gasteiger partial charge in [0.1, 0.15) is 11.7 Å². The maximum Gasteiger partial charge on any atom is 0.155 e. The molecular formula is C25H28N2O. The highest BCUT2D eigenvalue weighted by Gasteiger charge is 2.39. The zero-order valence-electron chi connectivity index (χ0n) is 17.4. The van der Waals surface area contributed by atoms with Crippen LogP contribution in [-0.4, -0.2) is 12.2 Å². The summed E-state index contributed by atoms with van der Waals surface area (Å²) < 4.78 is 6.56.